The summed E-state index contributed by atoms with van der Waals surface area (Å²) in [6, 6.07) is 0.874. The molecule has 2 rings (SSSR count). The van der Waals surface area contributed by atoms with Crippen LogP contribution in [0.2, 0.25) is 0 Å². The molecule has 0 radical (unpaired) electrons. The first-order valence-corrected chi connectivity index (χ1v) is 7.03. The molecule has 1 N–H and O–H groups in total. The third kappa shape index (κ3) is 3.45. The lowest BCUT2D eigenvalue weighted by molar-refractivity contribution is 0.222. The Morgan fingerprint density at radius 2 is 2.16 bits per heavy atom. The molecular weight excluding hydrogens is 242 g/mol. The summed E-state index contributed by atoms with van der Waals surface area (Å²) in [5.41, 5.74) is 0. The van der Waals surface area contributed by atoms with Gasteiger partial charge < -0.3 is 15.0 Å². The second-order valence-corrected chi connectivity index (χ2v) is 5.12. The van der Waals surface area contributed by atoms with Crippen LogP contribution in [-0.2, 0) is 0 Å². The molecule has 1 aromatic rings. The Bertz CT molecular complexity index is 423. The maximum atomic E-state index is 5.61. The molecule has 19 heavy (non-hydrogen) atoms. The van der Waals surface area contributed by atoms with Gasteiger partial charge in [0.25, 0.3) is 0 Å². The van der Waals surface area contributed by atoms with E-state index in [-0.39, 0.29) is 6.10 Å². The Balaban J connectivity index is 2.27. The zero-order valence-corrected chi connectivity index (χ0v) is 12.2. The van der Waals surface area contributed by atoms with E-state index in [9.17, 15) is 0 Å². The van der Waals surface area contributed by atoms with Crippen LogP contribution in [-0.4, -0.2) is 40.2 Å². The summed E-state index contributed by atoms with van der Waals surface area (Å²) in [6.07, 6.45) is 2.42. The van der Waals surface area contributed by atoms with Gasteiger partial charge in [0.15, 0.2) is 0 Å². The van der Waals surface area contributed by atoms with Crippen LogP contribution in [0.25, 0.3) is 0 Å². The van der Waals surface area contributed by atoms with E-state index in [1.807, 2.05) is 20.8 Å². The average molecular weight is 265 g/mol. The molecule has 1 aliphatic heterocycles. The zero-order valence-electron chi connectivity index (χ0n) is 12.2. The SMILES string of the molecule is CCNc1nc(OC(C)C)nc(N2CCCC2C)n1. The van der Waals surface area contributed by atoms with E-state index in [1.54, 1.807) is 0 Å². The third-order valence-corrected chi connectivity index (χ3v) is 3.09. The van der Waals surface area contributed by atoms with Crippen LogP contribution in [0, 0.1) is 0 Å². The summed E-state index contributed by atoms with van der Waals surface area (Å²) >= 11 is 0. The highest BCUT2D eigenvalue weighted by Crippen LogP contribution is 2.24. The van der Waals surface area contributed by atoms with Crippen molar-refractivity contribution in [2.24, 2.45) is 0 Å². The monoisotopic (exact) mass is 265 g/mol. The van der Waals surface area contributed by atoms with Crippen molar-refractivity contribution < 1.29 is 4.74 Å². The van der Waals surface area contributed by atoms with Crippen molar-refractivity contribution in [3.8, 4) is 6.01 Å². The van der Waals surface area contributed by atoms with E-state index in [4.69, 9.17) is 4.74 Å². The fourth-order valence-corrected chi connectivity index (χ4v) is 2.21. The molecule has 1 aromatic heterocycles. The lowest BCUT2D eigenvalue weighted by Crippen LogP contribution is -2.29. The first kappa shape index (κ1) is 13.8. The highest BCUT2D eigenvalue weighted by atomic mass is 16.5. The molecule has 1 aliphatic rings. The van der Waals surface area contributed by atoms with Gasteiger partial charge in [-0.2, -0.15) is 15.0 Å². The maximum Gasteiger partial charge on any atom is 0.323 e. The van der Waals surface area contributed by atoms with Crippen molar-refractivity contribution in [2.45, 2.75) is 52.7 Å². The normalized spacial score (nSPS) is 19.0. The van der Waals surface area contributed by atoms with Gasteiger partial charge in [0.2, 0.25) is 11.9 Å². The Hall–Kier alpha value is -1.59. The zero-order chi connectivity index (χ0) is 13.8. The molecule has 0 bridgehead atoms. The fourth-order valence-electron chi connectivity index (χ4n) is 2.21. The quantitative estimate of drug-likeness (QED) is 0.879. The molecule has 0 aliphatic carbocycles. The van der Waals surface area contributed by atoms with Gasteiger partial charge in [0.05, 0.1) is 6.10 Å². The van der Waals surface area contributed by atoms with Gasteiger partial charge in [-0.3, -0.25) is 0 Å². The number of ether oxygens (including phenoxy) is 1. The number of hydrogen-bond donors (Lipinski definition) is 1. The molecule has 0 saturated carbocycles. The number of rotatable bonds is 5. The molecule has 1 fully saturated rings. The van der Waals surface area contributed by atoms with Gasteiger partial charge in [-0.05, 0) is 40.5 Å². The first-order valence-electron chi connectivity index (χ1n) is 7.03. The molecule has 0 amide bonds. The molecule has 1 atom stereocenters. The second-order valence-electron chi connectivity index (χ2n) is 5.12. The summed E-state index contributed by atoms with van der Waals surface area (Å²) in [5, 5.41) is 3.13. The van der Waals surface area contributed by atoms with Crippen LogP contribution in [0.4, 0.5) is 11.9 Å². The van der Waals surface area contributed by atoms with Crippen LogP contribution >= 0.6 is 0 Å². The Morgan fingerprint density at radius 3 is 2.74 bits per heavy atom. The lowest BCUT2D eigenvalue weighted by atomic mass is 10.2. The molecule has 2 heterocycles. The predicted octanol–water partition coefficient (Wildman–Crippen LogP) is 2.08. The number of anilines is 2. The van der Waals surface area contributed by atoms with Crippen molar-refractivity contribution >= 4 is 11.9 Å². The van der Waals surface area contributed by atoms with Crippen LogP contribution < -0.4 is 15.0 Å². The molecule has 1 saturated heterocycles. The standard InChI is InChI=1S/C13H23N5O/c1-5-14-11-15-12(18-8-6-7-10(18)4)17-13(16-11)19-9(2)3/h9-10H,5-8H2,1-4H3,(H,14,15,16,17). The Morgan fingerprint density at radius 1 is 1.37 bits per heavy atom. The highest BCUT2D eigenvalue weighted by Gasteiger charge is 2.24. The summed E-state index contributed by atoms with van der Waals surface area (Å²) in [5.74, 6) is 1.30. The minimum atomic E-state index is 0.0562. The van der Waals surface area contributed by atoms with Gasteiger partial charge in [0, 0.05) is 19.1 Å². The van der Waals surface area contributed by atoms with Crippen LogP contribution in [0.5, 0.6) is 6.01 Å². The summed E-state index contributed by atoms with van der Waals surface area (Å²) in [4.78, 5) is 15.4. The van der Waals surface area contributed by atoms with Crippen molar-refractivity contribution in [1.82, 2.24) is 15.0 Å². The Labute approximate surface area is 114 Å². The number of nitrogens with zero attached hydrogens (tertiary/aromatic N) is 4. The van der Waals surface area contributed by atoms with Gasteiger partial charge in [-0.25, -0.2) is 0 Å². The average Bonchev–Trinajstić information content (AvgIpc) is 2.74. The van der Waals surface area contributed by atoms with Crippen LogP contribution in [0.1, 0.15) is 40.5 Å². The van der Waals surface area contributed by atoms with Crippen molar-refractivity contribution in [2.75, 3.05) is 23.3 Å². The van der Waals surface area contributed by atoms with Crippen molar-refractivity contribution in [1.29, 1.82) is 0 Å². The minimum absolute atomic E-state index is 0.0562. The van der Waals surface area contributed by atoms with E-state index in [2.05, 4.69) is 32.1 Å². The summed E-state index contributed by atoms with van der Waals surface area (Å²) in [7, 11) is 0. The third-order valence-electron chi connectivity index (χ3n) is 3.09. The molecular formula is C13H23N5O. The predicted molar refractivity (Wildman–Crippen MR) is 75.8 cm³/mol. The molecule has 6 nitrogen and oxygen atoms in total. The second kappa shape index (κ2) is 6.04. The van der Waals surface area contributed by atoms with Gasteiger partial charge in [-0.15, -0.1) is 0 Å². The van der Waals surface area contributed by atoms with E-state index < -0.39 is 0 Å². The van der Waals surface area contributed by atoms with Crippen LogP contribution in [0.15, 0.2) is 0 Å². The minimum Gasteiger partial charge on any atom is -0.461 e. The first-order chi connectivity index (χ1) is 9.10. The van der Waals surface area contributed by atoms with E-state index in [0.29, 0.717) is 23.9 Å². The van der Waals surface area contributed by atoms with E-state index >= 15 is 0 Å². The molecule has 0 aromatic carbocycles. The van der Waals surface area contributed by atoms with Crippen LogP contribution in [0.3, 0.4) is 0 Å². The number of nitrogens with one attached hydrogen (secondary N) is 1. The molecule has 6 heteroatoms. The highest BCUT2D eigenvalue weighted by molar-refractivity contribution is 5.40. The lowest BCUT2D eigenvalue weighted by Gasteiger charge is -2.22. The van der Waals surface area contributed by atoms with E-state index in [0.717, 1.165) is 13.1 Å². The number of aromatic nitrogens is 3. The number of hydrogen-bond acceptors (Lipinski definition) is 6. The van der Waals surface area contributed by atoms with Gasteiger partial charge in [-0.1, -0.05) is 0 Å². The molecule has 0 spiro atoms. The summed E-state index contributed by atoms with van der Waals surface area (Å²) < 4.78 is 5.61. The fraction of sp³-hybridized carbons (Fsp3) is 0.769. The smallest absolute Gasteiger partial charge is 0.323 e. The largest absolute Gasteiger partial charge is 0.461 e. The maximum absolute atomic E-state index is 5.61. The molecule has 1 unspecified atom stereocenters. The van der Waals surface area contributed by atoms with E-state index in [1.165, 1.54) is 12.8 Å². The Kier molecular flexibility index (Phi) is 4.39. The van der Waals surface area contributed by atoms with Gasteiger partial charge >= 0.3 is 6.01 Å². The summed E-state index contributed by atoms with van der Waals surface area (Å²) in [6.45, 7) is 9.93. The topological polar surface area (TPSA) is 63.2 Å². The van der Waals surface area contributed by atoms with Crippen molar-refractivity contribution in [3.63, 3.8) is 0 Å². The molecule has 106 valence electrons. The van der Waals surface area contributed by atoms with Crippen molar-refractivity contribution in [3.05, 3.63) is 0 Å². The van der Waals surface area contributed by atoms with Gasteiger partial charge in [0.1, 0.15) is 0 Å².